The number of rotatable bonds is 5. The highest BCUT2D eigenvalue weighted by atomic mass is 16.5. The molecule has 0 aliphatic heterocycles. The number of carbonyl (C=O) groups is 1. The average molecular weight is 222 g/mol. The average Bonchev–Trinajstić information content (AvgIpc) is 2.27. The van der Waals surface area contributed by atoms with Gasteiger partial charge in [-0.05, 0) is 38.0 Å². The molecular formula is C13H18O3. The van der Waals surface area contributed by atoms with Crippen molar-refractivity contribution in [1.82, 2.24) is 0 Å². The standard InChI is InChI=1S/C13H18O3/c1-4-13(2,3)16-9-10-5-7-11(8-6-10)12(14)15/h5-8H,4,9H2,1-3H3,(H,14,15). The van der Waals surface area contributed by atoms with Crippen molar-refractivity contribution >= 4 is 5.97 Å². The van der Waals surface area contributed by atoms with Crippen molar-refractivity contribution in [3.05, 3.63) is 35.4 Å². The third-order valence-corrected chi connectivity index (χ3v) is 2.68. The molecule has 0 spiro atoms. The first-order chi connectivity index (χ1) is 7.44. The Morgan fingerprint density at radius 2 is 1.88 bits per heavy atom. The quantitative estimate of drug-likeness (QED) is 0.832. The second kappa shape index (κ2) is 5.12. The minimum atomic E-state index is -0.902. The lowest BCUT2D eigenvalue weighted by Crippen LogP contribution is -2.22. The maximum absolute atomic E-state index is 10.6. The van der Waals surface area contributed by atoms with Crippen LogP contribution in [0.5, 0.6) is 0 Å². The summed E-state index contributed by atoms with van der Waals surface area (Å²) in [4.78, 5) is 10.6. The van der Waals surface area contributed by atoms with Gasteiger partial charge in [-0.15, -0.1) is 0 Å². The first-order valence-electron chi connectivity index (χ1n) is 5.41. The summed E-state index contributed by atoms with van der Waals surface area (Å²) in [6.07, 6.45) is 0.945. The maximum Gasteiger partial charge on any atom is 0.335 e. The van der Waals surface area contributed by atoms with Crippen molar-refractivity contribution in [2.75, 3.05) is 0 Å². The molecule has 0 heterocycles. The SMILES string of the molecule is CCC(C)(C)OCc1ccc(C(=O)O)cc1. The molecule has 16 heavy (non-hydrogen) atoms. The second-order valence-corrected chi connectivity index (χ2v) is 4.40. The van der Waals surface area contributed by atoms with Crippen molar-refractivity contribution < 1.29 is 14.6 Å². The summed E-state index contributed by atoms with van der Waals surface area (Å²) in [6.45, 7) is 6.67. The van der Waals surface area contributed by atoms with Gasteiger partial charge in [-0.25, -0.2) is 4.79 Å². The predicted octanol–water partition coefficient (Wildman–Crippen LogP) is 3.09. The molecule has 1 aromatic carbocycles. The Balaban J connectivity index is 2.59. The normalized spacial score (nSPS) is 11.4. The Bertz CT molecular complexity index is 352. The first kappa shape index (κ1) is 12.7. The van der Waals surface area contributed by atoms with E-state index in [1.807, 2.05) is 13.8 Å². The van der Waals surface area contributed by atoms with Crippen molar-refractivity contribution in [2.24, 2.45) is 0 Å². The van der Waals surface area contributed by atoms with Gasteiger partial charge in [0.2, 0.25) is 0 Å². The zero-order valence-corrected chi connectivity index (χ0v) is 9.99. The largest absolute Gasteiger partial charge is 0.478 e. The first-order valence-corrected chi connectivity index (χ1v) is 5.41. The molecule has 0 aliphatic rings. The van der Waals surface area contributed by atoms with Crippen LogP contribution in [0, 0.1) is 0 Å². The monoisotopic (exact) mass is 222 g/mol. The predicted molar refractivity (Wildman–Crippen MR) is 62.6 cm³/mol. The molecule has 1 N–H and O–H groups in total. The van der Waals surface area contributed by atoms with Crippen LogP contribution in [0.4, 0.5) is 0 Å². The molecule has 0 fully saturated rings. The summed E-state index contributed by atoms with van der Waals surface area (Å²) < 4.78 is 5.72. The molecule has 3 nitrogen and oxygen atoms in total. The minimum absolute atomic E-state index is 0.133. The van der Waals surface area contributed by atoms with E-state index >= 15 is 0 Å². The van der Waals surface area contributed by atoms with E-state index in [0.29, 0.717) is 12.2 Å². The Labute approximate surface area is 96.1 Å². The Morgan fingerprint density at radius 3 is 2.31 bits per heavy atom. The van der Waals surface area contributed by atoms with Crippen molar-refractivity contribution in [1.29, 1.82) is 0 Å². The molecule has 0 amide bonds. The van der Waals surface area contributed by atoms with E-state index in [0.717, 1.165) is 12.0 Å². The van der Waals surface area contributed by atoms with Crippen LogP contribution in [-0.4, -0.2) is 16.7 Å². The Hall–Kier alpha value is -1.35. The molecule has 0 saturated carbocycles. The molecule has 88 valence electrons. The van der Waals surface area contributed by atoms with Crippen LogP contribution >= 0.6 is 0 Å². The van der Waals surface area contributed by atoms with Gasteiger partial charge in [-0.1, -0.05) is 19.1 Å². The van der Waals surface area contributed by atoms with Crippen LogP contribution < -0.4 is 0 Å². The zero-order valence-electron chi connectivity index (χ0n) is 9.99. The van der Waals surface area contributed by atoms with Crippen LogP contribution in [0.2, 0.25) is 0 Å². The van der Waals surface area contributed by atoms with Crippen LogP contribution in [0.1, 0.15) is 43.1 Å². The Kier molecular flexibility index (Phi) is 4.07. The van der Waals surface area contributed by atoms with Crippen LogP contribution in [0.15, 0.2) is 24.3 Å². The summed E-state index contributed by atoms with van der Waals surface area (Å²) in [5.41, 5.74) is 1.16. The highest BCUT2D eigenvalue weighted by molar-refractivity contribution is 5.87. The summed E-state index contributed by atoms with van der Waals surface area (Å²) in [5.74, 6) is -0.902. The molecule has 0 atom stereocenters. The van der Waals surface area contributed by atoms with E-state index in [1.165, 1.54) is 0 Å². The van der Waals surface area contributed by atoms with Gasteiger partial charge in [0.05, 0.1) is 17.8 Å². The van der Waals surface area contributed by atoms with Crippen LogP contribution in [0.3, 0.4) is 0 Å². The smallest absolute Gasteiger partial charge is 0.335 e. The van der Waals surface area contributed by atoms with Crippen molar-refractivity contribution in [2.45, 2.75) is 39.4 Å². The molecule has 1 aromatic rings. The number of carboxylic acid groups (broad SMARTS) is 1. The van der Waals surface area contributed by atoms with Gasteiger partial charge in [-0.2, -0.15) is 0 Å². The zero-order chi connectivity index (χ0) is 12.2. The van der Waals surface area contributed by atoms with Gasteiger partial charge in [0.15, 0.2) is 0 Å². The molecular weight excluding hydrogens is 204 g/mol. The number of hydrogen-bond acceptors (Lipinski definition) is 2. The highest BCUT2D eigenvalue weighted by Gasteiger charge is 2.15. The fraction of sp³-hybridized carbons (Fsp3) is 0.462. The third kappa shape index (κ3) is 3.66. The van der Waals surface area contributed by atoms with Gasteiger partial charge >= 0.3 is 5.97 Å². The van der Waals surface area contributed by atoms with E-state index in [4.69, 9.17) is 9.84 Å². The van der Waals surface area contributed by atoms with Gasteiger partial charge in [0, 0.05) is 0 Å². The van der Waals surface area contributed by atoms with Crippen molar-refractivity contribution in [3.8, 4) is 0 Å². The summed E-state index contributed by atoms with van der Waals surface area (Å²) in [5, 5.41) is 8.74. The van der Waals surface area contributed by atoms with E-state index in [-0.39, 0.29) is 5.60 Å². The number of ether oxygens (including phenoxy) is 1. The minimum Gasteiger partial charge on any atom is -0.478 e. The molecule has 0 aromatic heterocycles. The molecule has 0 saturated heterocycles. The number of hydrogen-bond donors (Lipinski definition) is 1. The second-order valence-electron chi connectivity index (χ2n) is 4.40. The third-order valence-electron chi connectivity index (χ3n) is 2.68. The van der Waals surface area contributed by atoms with Crippen molar-refractivity contribution in [3.63, 3.8) is 0 Å². The summed E-state index contributed by atoms with van der Waals surface area (Å²) >= 11 is 0. The molecule has 0 unspecified atom stereocenters. The highest BCUT2D eigenvalue weighted by Crippen LogP contribution is 2.16. The Morgan fingerprint density at radius 1 is 1.31 bits per heavy atom. The summed E-state index contributed by atoms with van der Waals surface area (Å²) in [6, 6.07) is 6.77. The number of carboxylic acids is 1. The molecule has 0 bridgehead atoms. The van der Waals surface area contributed by atoms with E-state index in [9.17, 15) is 4.79 Å². The maximum atomic E-state index is 10.6. The van der Waals surface area contributed by atoms with Gasteiger partial charge in [0.1, 0.15) is 0 Å². The lowest BCUT2D eigenvalue weighted by molar-refractivity contribution is -0.0316. The van der Waals surface area contributed by atoms with Gasteiger partial charge in [-0.3, -0.25) is 0 Å². The van der Waals surface area contributed by atoms with E-state index in [2.05, 4.69) is 6.92 Å². The molecule has 3 heteroatoms. The van der Waals surface area contributed by atoms with Gasteiger partial charge < -0.3 is 9.84 Å². The summed E-state index contributed by atoms with van der Waals surface area (Å²) in [7, 11) is 0. The van der Waals surface area contributed by atoms with Crippen LogP contribution in [-0.2, 0) is 11.3 Å². The molecule has 1 rings (SSSR count). The topological polar surface area (TPSA) is 46.5 Å². The number of benzene rings is 1. The fourth-order valence-electron chi connectivity index (χ4n) is 1.12. The number of aromatic carboxylic acids is 1. The fourth-order valence-corrected chi connectivity index (χ4v) is 1.12. The van der Waals surface area contributed by atoms with E-state index in [1.54, 1.807) is 24.3 Å². The van der Waals surface area contributed by atoms with Gasteiger partial charge in [0.25, 0.3) is 0 Å². The molecule has 0 radical (unpaired) electrons. The lowest BCUT2D eigenvalue weighted by Gasteiger charge is -2.23. The lowest BCUT2D eigenvalue weighted by atomic mass is 10.1. The van der Waals surface area contributed by atoms with Crippen LogP contribution in [0.25, 0.3) is 0 Å². The molecule has 0 aliphatic carbocycles. The van der Waals surface area contributed by atoms with E-state index < -0.39 is 5.97 Å².